The predicted octanol–water partition coefficient (Wildman–Crippen LogP) is 2.88. The van der Waals surface area contributed by atoms with E-state index in [4.69, 9.17) is 17.4 Å². The zero-order valence-corrected chi connectivity index (χ0v) is 10.2. The molecule has 1 nitrogen and oxygen atoms in total. The molecule has 0 atom stereocenters. The second-order valence-corrected chi connectivity index (χ2v) is 6.29. The summed E-state index contributed by atoms with van der Waals surface area (Å²) in [4.78, 5) is 1.46. The van der Waals surface area contributed by atoms with Gasteiger partial charge in [-0.15, -0.1) is 11.8 Å². The zero-order chi connectivity index (χ0) is 10.3. The Morgan fingerprint density at radius 1 is 1.33 bits per heavy atom. The van der Waals surface area contributed by atoms with Gasteiger partial charge in [0, 0.05) is 4.90 Å². The minimum atomic E-state index is -0.0167. The van der Waals surface area contributed by atoms with Crippen molar-refractivity contribution >= 4 is 24.4 Å². The van der Waals surface area contributed by atoms with Gasteiger partial charge in [0.1, 0.15) is 0 Å². The van der Waals surface area contributed by atoms with Crippen LogP contribution in [0, 0.1) is 0 Å². The Kier molecular flexibility index (Phi) is 2.49. The van der Waals surface area contributed by atoms with Crippen LogP contribution in [0.3, 0.4) is 0 Å². The maximum Gasteiger partial charge on any atom is 0.0844 e. The first-order chi connectivity index (χ1) is 7.28. The summed E-state index contributed by atoms with van der Waals surface area (Å²) in [6.07, 6.45) is 2.53. The molecule has 1 saturated heterocycles. The maximum absolute atomic E-state index is 5.25. The van der Waals surface area contributed by atoms with E-state index in [-0.39, 0.29) is 4.75 Å². The topological polar surface area (TPSA) is 9.23 Å². The van der Waals surface area contributed by atoms with E-state index in [1.165, 1.54) is 34.6 Å². The third kappa shape index (κ3) is 1.71. The zero-order valence-electron chi connectivity index (χ0n) is 8.53. The van der Waals surface area contributed by atoms with Crippen LogP contribution in [0.25, 0.3) is 0 Å². The number of hydrogen-bond acceptors (Lipinski definition) is 3. The highest BCUT2D eigenvalue weighted by Gasteiger charge is 2.36. The van der Waals surface area contributed by atoms with Crippen LogP contribution >= 0.6 is 24.4 Å². The predicted molar refractivity (Wildman–Crippen MR) is 67.0 cm³/mol. The Bertz CT molecular complexity index is 385. The Morgan fingerprint density at radius 2 is 2.20 bits per heavy atom. The van der Waals surface area contributed by atoms with Gasteiger partial charge in [0.2, 0.25) is 0 Å². The molecule has 0 radical (unpaired) electrons. The Labute approximate surface area is 100 Å². The normalized spacial score (nSPS) is 23.0. The van der Waals surface area contributed by atoms with Crippen molar-refractivity contribution in [2.45, 2.75) is 22.5 Å². The number of aryl methyl sites for hydroxylation is 1. The molecule has 0 spiro atoms. The molecule has 0 amide bonds. The standard InChI is InChI=1S/C12H14OS2/c14-12(7-13-8-12)10-3-4-11-9(6-10)2-1-5-15-11/h3-4,6,14H,1-2,5,7-8H2. The van der Waals surface area contributed by atoms with Crippen molar-refractivity contribution in [1.82, 2.24) is 0 Å². The SMILES string of the molecule is SC1(c2ccc3c(c2)CCCS3)COC1. The van der Waals surface area contributed by atoms with Gasteiger partial charge in [-0.05, 0) is 35.8 Å². The summed E-state index contributed by atoms with van der Waals surface area (Å²) < 4.78 is 5.24. The van der Waals surface area contributed by atoms with Gasteiger partial charge < -0.3 is 4.74 Å². The summed E-state index contributed by atoms with van der Waals surface area (Å²) in [7, 11) is 0. The fourth-order valence-corrected chi connectivity index (χ4v) is 3.45. The Morgan fingerprint density at radius 3 is 2.93 bits per heavy atom. The number of rotatable bonds is 1. The van der Waals surface area contributed by atoms with Gasteiger partial charge in [0.05, 0.1) is 18.0 Å². The van der Waals surface area contributed by atoms with Crippen LogP contribution in [0.4, 0.5) is 0 Å². The third-order valence-electron chi connectivity index (χ3n) is 3.13. The second-order valence-electron chi connectivity index (χ2n) is 4.30. The van der Waals surface area contributed by atoms with E-state index in [1.807, 2.05) is 11.8 Å². The van der Waals surface area contributed by atoms with Crippen molar-refractivity contribution < 1.29 is 4.74 Å². The van der Waals surface area contributed by atoms with Gasteiger partial charge >= 0.3 is 0 Å². The van der Waals surface area contributed by atoms with Gasteiger partial charge in [0.15, 0.2) is 0 Å². The average Bonchev–Trinajstić information content (AvgIpc) is 2.25. The number of thioether (sulfide) groups is 1. The molecule has 0 saturated carbocycles. The lowest BCUT2D eigenvalue weighted by Crippen LogP contribution is -2.41. The summed E-state index contributed by atoms with van der Waals surface area (Å²) in [5.41, 5.74) is 2.84. The quantitative estimate of drug-likeness (QED) is 0.753. The van der Waals surface area contributed by atoms with Gasteiger partial charge in [-0.1, -0.05) is 12.1 Å². The molecule has 0 aromatic heterocycles. The third-order valence-corrected chi connectivity index (χ3v) is 4.85. The number of benzene rings is 1. The van der Waals surface area contributed by atoms with Crippen LogP contribution in [0.2, 0.25) is 0 Å². The van der Waals surface area contributed by atoms with Crippen molar-refractivity contribution in [3.8, 4) is 0 Å². The molecule has 0 aliphatic carbocycles. The van der Waals surface area contributed by atoms with Crippen LogP contribution in [0.5, 0.6) is 0 Å². The van der Waals surface area contributed by atoms with E-state index < -0.39 is 0 Å². The van der Waals surface area contributed by atoms with Gasteiger partial charge in [0.25, 0.3) is 0 Å². The van der Waals surface area contributed by atoms with Gasteiger partial charge in [-0.3, -0.25) is 0 Å². The highest BCUT2D eigenvalue weighted by molar-refractivity contribution is 7.99. The molecule has 15 heavy (non-hydrogen) atoms. The van der Waals surface area contributed by atoms with E-state index in [1.54, 1.807) is 0 Å². The minimum Gasteiger partial charge on any atom is -0.378 e. The van der Waals surface area contributed by atoms with Crippen molar-refractivity contribution in [2.75, 3.05) is 19.0 Å². The van der Waals surface area contributed by atoms with E-state index in [0.717, 1.165) is 13.2 Å². The van der Waals surface area contributed by atoms with E-state index >= 15 is 0 Å². The first kappa shape index (κ1) is 10.1. The van der Waals surface area contributed by atoms with Crippen LogP contribution in [0.1, 0.15) is 17.5 Å². The fraction of sp³-hybridized carbons (Fsp3) is 0.500. The van der Waals surface area contributed by atoms with Gasteiger partial charge in [-0.2, -0.15) is 12.6 Å². The summed E-state index contributed by atoms with van der Waals surface area (Å²) in [5.74, 6) is 1.27. The molecule has 0 N–H and O–H groups in total. The minimum absolute atomic E-state index is 0.0167. The van der Waals surface area contributed by atoms with E-state index in [0.29, 0.717) is 0 Å². The monoisotopic (exact) mass is 238 g/mol. The molecule has 2 aliphatic heterocycles. The summed E-state index contributed by atoms with van der Waals surface area (Å²) in [5, 5.41) is 0. The summed E-state index contributed by atoms with van der Waals surface area (Å²) >= 11 is 6.68. The molecular weight excluding hydrogens is 224 g/mol. The maximum atomic E-state index is 5.25. The summed E-state index contributed by atoms with van der Waals surface area (Å²) in [6.45, 7) is 1.50. The highest BCUT2D eigenvalue weighted by Crippen LogP contribution is 2.39. The van der Waals surface area contributed by atoms with Crippen LogP contribution in [-0.4, -0.2) is 19.0 Å². The lowest BCUT2D eigenvalue weighted by molar-refractivity contribution is -0.00974. The van der Waals surface area contributed by atoms with E-state index in [2.05, 4.69) is 18.2 Å². The molecule has 3 rings (SSSR count). The number of thiol groups is 1. The van der Waals surface area contributed by atoms with Crippen molar-refractivity contribution in [1.29, 1.82) is 0 Å². The molecule has 80 valence electrons. The Hall–Kier alpha value is -0.120. The molecule has 0 unspecified atom stereocenters. The summed E-state index contributed by atoms with van der Waals surface area (Å²) in [6, 6.07) is 6.80. The lowest BCUT2D eigenvalue weighted by Gasteiger charge is -2.38. The molecule has 1 fully saturated rings. The molecule has 1 aromatic carbocycles. The van der Waals surface area contributed by atoms with Crippen LogP contribution < -0.4 is 0 Å². The smallest absolute Gasteiger partial charge is 0.0844 e. The molecule has 1 aromatic rings. The number of fused-ring (bicyclic) bond motifs is 1. The van der Waals surface area contributed by atoms with Crippen LogP contribution in [0.15, 0.2) is 23.1 Å². The number of ether oxygens (including phenoxy) is 1. The van der Waals surface area contributed by atoms with Crippen LogP contribution in [-0.2, 0) is 15.9 Å². The number of hydrogen-bond donors (Lipinski definition) is 1. The first-order valence-corrected chi connectivity index (χ1v) is 6.78. The fourth-order valence-electron chi connectivity index (χ4n) is 2.11. The molecule has 2 heterocycles. The largest absolute Gasteiger partial charge is 0.378 e. The van der Waals surface area contributed by atoms with Gasteiger partial charge in [-0.25, -0.2) is 0 Å². The molecule has 0 bridgehead atoms. The lowest BCUT2D eigenvalue weighted by atomic mass is 9.93. The van der Waals surface area contributed by atoms with E-state index in [9.17, 15) is 0 Å². The van der Waals surface area contributed by atoms with Crippen molar-refractivity contribution in [2.24, 2.45) is 0 Å². The molecular formula is C12H14OS2. The molecule has 3 heteroatoms. The molecule has 2 aliphatic rings. The highest BCUT2D eigenvalue weighted by atomic mass is 32.2. The first-order valence-electron chi connectivity index (χ1n) is 5.34. The average molecular weight is 238 g/mol. The van der Waals surface area contributed by atoms with Crippen molar-refractivity contribution in [3.05, 3.63) is 29.3 Å². The van der Waals surface area contributed by atoms with Crippen molar-refractivity contribution in [3.63, 3.8) is 0 Å². The Balaban J connectivity index is 1.97. The second kappa shape index (κ2) is 3.72.